The molecule has 0 aliphatic rings. The number of anilines is 1. The highest BCUT2D eigenvalue weighted by molar-refractivity contribution is 5.89. The van der Waals surface area contributed by atoms with Crippen LogP contribution in [0.3, 0.4) is 0 Å². The molecular formula is C13H12N4O. The van der Waals surface area contributed by atoms with E-state index >= 15 is 0 Å². The molecule has 0 spiro atoms. The lowest BCUT2D eigenvalue weighted by Gasteiger charge is -2.03. The number of amides is 1. The predicted octanol–water partition coefficient (Wildman–Crippen LogP) is 2.10. The number of aromatic amines is 1. The molecule has 0 saturated carbocycles. The maximum absolute atomic E-state index is 11.0. The molecule has 1 amide bonds. The maximum atomic E-state index is 11.0. The van der Waals surface area contributed by atoms with Gasteiger partial charge in [-0.1, -0.05) is 12.1 Å². The number of hydrogen-bond donors (Lipinski definition) is 2. The fourth-order valence-electron chi connectivity index (χ4n) is 1.64. The number of rotatable bonds is 3. The molecule has 1 aromatic carbocycles. The van der Waals surface area contributed by atoms with Crippen LogP contribution in [0, 0.1) is 11.3 Å². The third-order valence-corrected chi connectivity index (χ3v) is 2.38. The molecule has 1 aromatic heterocycles. The Kier molecular flexibility index (Phi) is 3.39. The molecule has 1 heterocycles. The standard InChI is InChI=1S/C13H12N4O/c1-9(18)15-11-4-2-3-10(7-11)13-8-12(5-6-14)16-17-13/h2-4,7-8H,5H2,1H3,(H,15,18)(H,16,17). The molecule has 0 saturated heterocycles. The zero-order valence-corrected chi connectivity index (χ0v) is 9.90. The number of benzene rings is 1. The van der Waals surface area contributed by atoms with Crippen LogP contribution in [0.4, 0.5) is 5.69 Å². The summed E-state index contributed by atoms with van der Waals surface area (Å²) in [5.74, 6) is -0.112. The largest absolute Gasteiger partial charge is 0.326 e. The molecule has 0 radical (unpaired) electrons. The second-order valence-electron chi connectivity index (χ2n) is 3.88. The summed E-state index contributed by atoms with van der Waals surface area (Å²) in [6.07, 6.45) is 0.304. The molecule has 5 nitrogen and oxygen atoms in total. The number of H-pyrrole nitrogens is 1. The molecular weight excluding hydrogens is 228 g/mol. The first-order valence-corrected chi connectivity index (χ1v) is 5.48. The van der Waals surface area contributed by atoms with E-state index in [4.69, 9.17) is 5.26 Å². The average molecular weight is 240 g/mol. The number of carbonyl (C=O) groups is 1. The van der Waals surface area contributed by atoms with Gasteiger partial charge in [-0.05, 0) is 18.2 Å². The quantitative estimate of drug-likeness (QED) is 0.861. The van der Waals surface area contributed by atoms with E-state index < -0.39 is 0 Å². The Morgan fingerprint density at radius 2 is 2.33 bits per heavy atom. The summed E-state index contributed by atoms with van der Waals surface area (Å²) in [5.41, 5.74) is 3.15. The SMILES string of the molecule is CC(=O)Nc1cccc(-c2cc(CC#N)[nH]n2)c1. The minimum atomic E-state index is -0.112. The molecule has 0 aliphatic carbocycles. The van der Waals surface area contributed by atoms with Gasteiger partial charge >= 0.3 is 0 Å². The second kappa shape index (κ2) is 5.15. The van der Waals surface area contributed by atoms with Crippen molar-refractivity contribution < 1.29 is 4.79 Å². The van der Waals surface area contributed by atoms with Crippen molar-refractivity contribution in [3.63, 3.8) is 0 Å². The molecule has 2 rings (SSSR count). The van der Waals surface area contributed by atoms with Crippen molar-refractivity contribution in [1.82, 2.24) is 10.2 Å². The van der Waals surface area contributed by atoms with E-state index in [0.29, 0.717) is 6.42 Å². The van der Waals surface area contributed by atoms with Crippen LogP contribution in [-0.4, -0.2) is 16.1 Å². The smallest absolute Gasteiger partial charge is 0.221 e. The van der Waals surface area contributed by atoms with Gasteiger partial charge in [0.2, 0.25) is 5.91 Å². The first-order chi connectivity index (χ1) is 8.69. The Labute approximate surface area is 104 Å². The molecule has 2 aromatic rings. The molecule has 18 heavy (non-hydrogen) atoms. The van der Waals surface area contributed by atoms with Crippen LogP contribution in [0.25, 0.3) is 11.3 Å². The zero-order valence-electron chi connectivity index (χ0n) is 9.90. The third-order valence-electron chi connectivity index (χ3n) is 2.38. The van der Waals surface area contributed by atoms with Gasteiger partial charge in [0.25, 0.3) is 0 Å². The number of nitrogens with one attached hydrogen (secondary N) is 2. The molecule has 0 fully saturated rings. The Bertz CT molecular complexity index is 609. The summed E-state index contributed by atoms with van der Waals surface area (Å²) >= 11 is 0. The molecule has 5 heteroatoms. The highest BCUT2D eigenvalue weighted by Crippen LogP contribution is 2.21. The average Bonchev–Trinajstić information content (AvgIpc) is 2.78. The van der Waals surface area contributed by atoms with Crippen molar-refractivity contribution >= 4 is 11.6 Å². The van der Waals surface area contributed by atoms with E-state index in [9.17, 15) is 4.79 Å². The second-order valence-corrected chi connectivity index (χ2v) is 3.88. The van der Waals surface area contributed by atoms with Crippen molar-refractivity contribution in [2.24, 2.45) is 0 Å². The molecule has 0 atom stereocenters. The number of nitrogens with zero attached hydrogens (tertiary/aromatic N) is 2. The lowest BCUT2D eigenvalue weighted by atomic mass is 10.1. The first kappa shape index (κ1) is 11.9. The minimum Gasteiger partial charge on any atom is -0.326 e. The number of carbonyl (C=O) groups excluding carboxylic acids is 1. The van der Waals surface area contributed by atoms with Crippen LogP contribution >= 0.6 is 0 Å². The molecule has 0 bridgehead atoms. The van der Waals surface area contributed by atoms with E-state index in [2.05, 4.69) is 21.6 Å². The van der Waals surface area contributed by atoms with Crippen LogP contribution in [0.1, 0.15) is 12.6 Å². The van der Waals surface area contributed by atoms with Crippen LogP contribution in [0.5, 0.6) is 0 Å². The van der Waals surface area contributed by atoms with Crippen LogP contribution < -0.4 is 5.32 Å². The minimum absolute atomic E-state index is 0.112. The summed E-state index contributed by atoms with van der Waals surface area (Å²) in [4.78, 5) is 11.0. The normalized spacial score (nSPS) is 9.78. The first-order valence-electron chi connectivity index (χ1n) is 5.48. The Morgan fingerprint density at radius 3 is 3.06 bits per heavy atom. The molecule has 0 aliphatic heterocycles. The lowest BCUT2D eigenvalue weighted by Crippen LogP contribution is -2.05. The lowest BCUT2D eigenvalue weighted by molar-refractivity contribution is -0.114. The summed E-state index contributed by atoms with van der Waals surface area (Å²) < 4.78 is 0. The predicted molar refractivity (Wildman–Crippen MR) is 67.6 cm³/mol. The fourth-order valence-corrected chi connectivity index (χ4v) is 1.64. The van der Waals surface area contributed by atoms with E-state index in [-0.39, 0.29) is 5.91 Å². The summed E-state index contributed by atoms with van der Waals surface area (Å²) in [5, 5.41) is 18.3. The van der Waals surface area contributed by atoms with Gasteiger partial charge in [0.15, 0.2) is 0 Å². The molecule has 2 N–H and O–H groups in total. The van der Waals surface area contributed by atoms with Gasteiger partial charge in [0.05, 0.1) is 18.2 Å². The summed E-state index contributed by atoms with van der Waals surface area (Å²) in [7, 11) is 0. The number of nitriles is 1. The highest BCUT2D eigenvalue weighted by Gasteiger charge is 2.05. The van der Waals surface area contributed by atoms with Crippen LogP contribution in [0.15, 0.2) is 30.3 Å². The fraction of sp³-hybridized carbons (Fsp3) is 0.154. The highest BCUT2D eigenvalue weighted by atomic mass is 16.1. The summed E-state index contributed by atoms with van der Waals surface area (Å²) in [6.45, 7) is 1.46. The van der Waals surface area contributed by atoms with Gasteiger partial charge in [0.1, 0.15) is 0 Å². The molecule has 90 valence electrons. The summed E-state index contributed by atoms with van der Waals surface area (Å²) in [6, 6.07) is 11.3. The molecule has 0 unspecified atom stereocenters. The van der Waals surface area contributed by atoms with E-state index in [1.54, 1.807) is 0 Å². The van der Waals surface area contributed by atoms with Gasteiger partial charge in [-0.25, -0.2) is 0 Å². The monoisotopic (exact) mass is 240 g/mol. The van der Waals surface area contributed by atoms with Gasteiger partial charge in [-0.3, -0.25) is 9.89 Å². The van der Waals surface area contributed by atoms with Crippen molar-refractivity contribution in [3.8, 4) is 17.3 Å². The van der Waals surface area contributed by atoms with E-state index in [0.717, 1.165) is 22.6 Å². The van der Waals surface area contributed by atoms with Crippen molar-refractivity contribution in [3.05, 3.63) is 36.0 Å². The number of hydrogen-bond acceptors (Lipinski definition) is 3. The third kappa shape index (κ3) is 2.74. The van der Waals surface area contributed by atoms with Gasteiger partial charge in [0, 0.05) is 23.9 Å². The van der Waals surface area contributed by atoms with Gasteiger partial charge < -0.3 is 5.32 Å². The number of aromatic nitrogens is 2. The topological polar surface area (TPSA) is 81.6 Å². The van der Waals surface area contributed by atoms with Crippen LogP contribution in [0.2, 0.25) is 0 Å². The van der Waals surface area contributed by atoms with Gasteiger partial charge in [-0.2, -0.15) is 10.4 Å². The van der Waals surface area contributed by atoms with Crippen molar-refractivity contribution in [2.45, 2.75) is 13.3 Å². The van der Waals surface area contributed by atoms with Crippen LogP contribution in [-0.2, 0) is 11.2 Å². The zero-order chi connectivity index (χ0) is 13.0. The Morgan fingerprint density at radius 1 is 1.50 bits per heavy atom. The van der Waals surface area contributed by atoms with E-state index in [1.807, 2.05) is 30.3 Å². The van der Waals surface area contributed by atoms with Crippen molar-refractivity contribution in [2.75, 3.05) is 5.32 Å². The van der Waals surface area contributed by atoms with E-state index in [1.165, 1.54) is 6.92 Å². The maximum Gasteiger partial charge on any atom is 0.221 e. The Balaban J connectivity index is 2.27. The Hall–Kier alpha value is -2.61. The van der Waals surface area contributed by atoms with Crippen molar-refractivity contribution in [1.29, 1.82) is 5.26 Å². The van der Waals surface area contributed by atoms with Gasteiger partial charge in [-0.15, -0.1) is 0 Å².